The van der Waals surface area contributed by atoms with Crippen LogP contribution in [-0.4, -0.2) is 43.8 Å². The summed E-state index contributed by atoms with van der Waals surface area (Å²) in [6.07, 6.45) is 9.88. The van der Waals surface area contributed by atoms with E-state index in [0.29, 0.717) is 12.1 Å². The Morgan fingerprint density at radius 3 is 2.53 bits per heavy atom. The molecule has 0 aromatic rings. The van der Waals surface area contributed by atoms with Crippen molar-refractivity contribution in [3.05, 3.63) is 0 Å². The first-order valence-electron chi connectivity index (χ1n) is 7.33. The predicted molar refractivity (Wildman–Crippen MR) is 71.0 cm³/mol. The summed E-state index contributed by atoms with van der Waals surface area (Å²) >= 11 is 0. The number of ether oxygens (including phenoxy) is 1. The van der Waals surface area contributed by atoms with E-state index in [-0.39, 0.29) is 0 Å². The van der Waals surface area contributed by atoms with Crippen molar-refractivity contribution in [1.29, 1.82) is 0 Å². The Morgan fingerprint density at radius 2 is 1.94 bits per heavy atom. The Balaban J connectivity index is 1.82. The molecule has 1 aliphatic carbocycles. The fourth-order valence-electron chi connectivity index (χ4n) is 3.50. The maximum absolute atomic E-state index is 6.00. The standard InChI is InChI=1S/C14H28N2O/c1-16(11-13-8-5-9-17-13)14(10-15)12-6-3-2-4-7-12/h12-14H,2-11,15H2,1H3. The van der Waals surface area contributed by atoms with Gasteiger partial charge in [0, 0.05) is 25.7 Å². The van der Waals surface area contributed by atoms with Crippen molar-refractivity contribution < 1.29 is 4.74 Å². The maximum atomic E-state index is 6.00. The van der Waals surface area contributed by atoms with E-state index < -0.39 is 0 Å². The van der Waals surface area contributed by atoms with E-state index in [2.05, 4.69) is 11.9 Å². The van der Waals surface area contributed by atoms with Crippen LogP contribution >= 0.6 is 0 Å². The lowest BCUT2D eigenvalue weighted by Gasteiger charge is -2.37. The zero-order valence-electron chi connectivity index (χ0n) is 11.2. The zero-order valence-corrected chi connectivity index (χ0v) is 11.2. The molecule has 0 bridgehead atoms. The van der Waals surface area contributed by atoms with Crippen LogP contribution in [0.4, 0.5) is 0 Å². The SMILES string of the molecule is CN(CC1CCCO1)C(CN)C1CCCCC1. The first-order chi connectivity index (χ1) is 8.31. The summed E-state index contributed by atoms with van der Waals surface area (Å²) in [5.74, 6) is 0.820. The molecule has 1 saturated carbocycles. The van der Waals surface area contributed by atoms with Gasteiger partial charge in [-0.1, -0.05) is 19.3 Å². The van der Waals surface area contributed by atoms with Crippen LogP contribution in [-0.2, 0) is 4.74 Å². The Morgan fingerprint density at radius 1 is 1.18 bits per heavy atom. The number of hydrogen-bond acceptors (Lipinski definition) is 3. The molecule has 0 amide bonds. The number of nitrogens with zero attached hydrogens (tertiary/aromatic N) is 1. The normalized spacial score (nSPS) is 28.8. The van der Waals surface area contributed by atoms with Crippen molar-refractivity contribution in [1.82, 2.24) is 4.90 Å². The van der Waals surface area contributed by atoms with Crippen molar-refractivity contribution in [2.75, 3.05) is 26.7 Å². The van der Waals surface area contributed by atoms with Gasteiger partial charge in [0.1, 0.15) is 0 Å². The summed E-state index contributed by atoms with van der Waals surface area (Å²) in [5.41, 5.74) is 6.00. The summed E-state index contributed by atoms with van der Waals surface area (Å²) in [5, 5.41) is 0. The number of nitrogens with two attached hydrogens (primary N) is 1. The van der Waals surface area contributed by atoms with E-state index in [1.807, 2.05) is 0 Å². The van der Waals surface area contributed by atoms with Crippen molar-refractivity contribution >= 4 is 0 Å². The molecule has 100 valence electrons. The molecule has 2 unspecified atom stereocenters. The van der Waals surface area contributed by atoms with Gasteiger partial charge < -0.3 is 10.5 Å². The van der Waals surface area contributed by atoms with E-state index in [0.717, 1.165) is 25.6 Å². The Labute approximate surface area is 106 Å². The van der Waals surface area contributed by atoms with Gasteiger partial charge in [-0.15, -0.1) is 0 Å². The van der Waals surface area contributed by atoms with Crippen LogP contribution in [0.5, 0.6) is 0 Å². The van der Waals surface area contributed by atoms with Gasteiger partial charge in [-0.2, -0.15) is 0 Å². The molecule has 2 aliphatic rings. The number of likely N-dealkylation sites (N-methyl/N-ethyl adjacent to an activating group) is 1. The summed E-state index contributed by atoms with van der Waals surface area (Å²) < 4.78 is 5.72. The summed E-state index contributed by atoms with van der Waals surface area (Å²) in [7, 11) is 2.23. The fourth-order valence-corrected chi connectivity index (χ4v) is 3.50. The molecule has 0 aromatic carbocycles. The summed E-state index contributed by atoms with van der Waals surface area (Å²) in [6.45, 7) is 2.82. The monoisotopic (exact) mass is 240 g/mol. The lowest BCUT2D eigenvalue weighted by atomic mass is 9.83. The van der Waals surface area contributed by atoms with Gasteiger partial charge in [0.05, 0.1) is 6.10 Å². The highest BCUT2D eigenvalue weighted by molar-refractivity contribution is 4.83. The van der Waals surface area contributed by atoms with E-state index in [4.69, 9.17) is 10.5 Å². The molecule has 2 fully saturated rings. The van der Waals surface area contributed by atoms with Gasteiger partial charge >= 0.3 is 0 Å². The van der Waals surface area contributed by atoms with E-state index >= 15 is 0 Å². The molecule has 0 aromatic heterocycles. The third kappa shape index (κ3) is 3.67. The Hall–Kier alpha value is -0.120. The highest BCUT2D eigenvalue weighted by atomic mass is 16.5. The zero-order chi connectivity index (χ0) is 12.1. The van der Waals surface area contributed by atoms with Gasteiger partial charge in [-0.3, -0.25) is 4.90 Å². The summed E-state index contributed by atoms with van der Waals surface area (Å²) in [6, 6.07) is 0.569. The van der Waals surface area contributed by atoms with Crippen molar-refractivity contribution in [2.24, 2.45) is 11.7 Å². The molecule has 2 atom stereocenters. The molecule has 3 heteroatoms. The average Bonchev–Trinajstić information content (AvgIpc) is 2.84. The molecule has 0 radical (unpaired) electrons. The van der Waals surface area contributed by atoms with Crippen molar-refractivity contribution in [3.8, 4) is 0 Å². The fraction of sp³-hybridized carbons (Fsp3) is 1.00. The third-order valence-corrected chi connectivity index (χ3v) is 4.52. The minimum absolute atomic E-state index is 0.456. The highest BCUT2D eigenvalue weighted by Gasteiger charge is 2.28. The van der Waals surface area contributed by atoms with Gasteiger partial charge in [0.25, 0.3) is 0 Å². The molecule has 2 rings (SSSR count). The smallest absolute Gasteiger partial charge is 0.0702 e. The molecule has 2 N–H and O–H groups in total. The van der Waals surface area contributed by atoms with Crippen LogP contribution in [0.25, 0.3) is 0 Å². The number of rotatable bonds is 5. The quantitative estimate of drug-likeness (QED) is 0.799. The molecule has 1 heterocycles. The molecule has 1 saturated heterocycles. The third-order valence-electron chi connectivity index (χ3n) is 4.52. The van der Waals surface area contributed by atoms with Gasteiger partial charge in [-0.05, 0) is 38.6 Å². The lowest BCUT2D eigenvalue weighted by molar-refractivity contribution is 0.0528. The minimum Gasteiger partial charge on any atom is -0.377 e. The van der Waals surface area contributed by atoms with Gasteiger partial charge in [0.2, 0.25) is 0 Å². The first-order valence-corrected chi connectivity index (χ1v) is 7.33. The largest absolute Gasteiger partial charge is 0.377 e. The Kier molecular flexibility index (Phi) is 5.26. The maximum Gasteiger partial charge on any atom is 0.0702 e. The second-order valence-electron chi connectivity index (χ2n) is 5.78. The summed E-state index contributed by atoms with van der Waals surface area (Å²) in [4.78, 5) is 2.46. The Bertz CT molecular complexity index is 210. The van der Waals surface area contributed by atoms with Crippen molar-refractivity contribution in [2.45, 2.75) is 57.1 Å². The molecular formula is C14H28N2O. The highest BCUT2D eigenvalue weighted by Crippen LogP contribution is 2.28. The topological polar surface area (TPSA) is 38.5 Å². The molecule has 3 nitrogen and oxygen atoms in total. The first kappa shape index (κ1) is 13.3. The van der Waals surface area contributed by atoms with Crippen LogP contribution in [0, 0.1) is 5.92 Å². The molecule has 0 spiro atoms. The van der Waals surface area contributed by atoms with Gasteiger partial charge in [-0.25, -0.2) is 0 Å². The van der Waals surface area contributed by atoms with Crippen LogP contribution in [0.1, 0.15) is 44.9 Å². The van der Waals surface area contributed by atoms with E-state index in [1.54, 1.807) is 0 Å². The molecular weight excluding hydrogens is 212 g/mol. The second kappa shape index (κ2) is 6.72. The van der Waals surface area contributed by atoms with Crippen LogP contribution < -0.4 is 5.73 Å². The van der Waals surface area contributed by atoms with Gasteiger partial charge in [0.15, 0.2) is 0 Å². The number of hydrogen-bond donors (Lipinski definition) is 1. The van der Waals surface area contributed by atoms with Crippen molar-refractivity contribution in [3.63, 3.8) is 0 Å². The molecule has 17 heavy (non-hydrogen) atoms. The van der Waals surface area contributed by atoms with E-state index in [9.17, 15) is 0 Å². The van der Waals surface area contributed by atoms with Crippen LogP contribution in [0.15, 0.2) is 0 Å². The minimum atomic E-state index is 0.456. The van der Waals surface area contributed by atoms with E-state index in [1.165, 1.54) is 44.9 Å². The average molecular weight is 240 g/mol. The lowest BCUT2D eigenvalue weighted by Crippen LogP contribution is -2.46. The van der Waals surface area contributed by atoms with Crippen LogP contribution in [0.3, 0.4) is 0 Å². The molecule has 1 aliphatic heterocycles. The van der Waals surface area contributed by atoms with Crippen LogP contribution in [0.2, 0.25) is 0 Å². The second-order valence-corrected chi connectivity index (χ2v) is 5.78. The predicted octanol–water partition coefficient (Wildman–Crippen LogP) is 2.00.